The van der Waals surface area contributed by atoms with Gasteiger partial charge in [-0.2, -0.15) is 4.31 Å². The minimum atomic E-state index is -3.43. The zero-order chi connectivity index (χ0) is 23.5. The van der Waals surface area contributed by atoms with Gasteiger partial charge in [0.05, 0.1) is 22.8 Å². The van der Waals surface area contributed by atoms with E-state index in [0.717, 1.165) is 40.2 Å². The molecule has 0 atom stereocenters. The largest absolute Gasteiger partial charge is 0.312 e. The Labute approximate surface area is 203 Å². The zero-order valence-corrected chi connectivity index (χ0v) is 20.6. The van der Waals surface area contributed by atoms with Gasteiger partial charge in [0, 0.05) is 30.9 Å². The molecule has 174 valence electrons. The molecule has 0 spiro atoms. The van der Waals surface area contributed by atoms with E-state index in [1.807, 2.05) is 42.6 Å². The van der Waals surface area contributed by atoms with Crippen LogP contribution in [0.3, 0.4) is 0 Å². The van der Waals surface area contributed by atoms with E-state index in [4.69, 9.17) is 4.99 Å². The summed E-state index contributed by atoms with van der Waals surface area (Å²) < 4.78 is 29.6. The van der Waals surface area contributed by atoms with Gasteiger partial charge in [-0.05, 0) is 61.2 Å². The van der Waals surface area contributed by atoms with Gasteiger partial charge in [0.1, 0.15) is 0 Å². The molecule has 6 nitrogen and oxygen atoms in total. The monoisotopic (exact) mass is 490 g/mol. The molecule has 34 heavy (non-hydrogen) atoms. The number of rotatable bonds is 6. The number of sulfonamides is 1. The Balaban J connectivity index is 1.54. The number of benzene rings is 2. The van der Waals surface area contributed by atoms with E-state index in [-0.39, 0.29) is 0 Å². The van der Waals surface area contributed by atoms with Crippen LogP contribution in [-0.2, 0) is 16.6 Å². The molecule has 0 N–H and O–H groups in total. The third-order valence-corrected chi connectivity index (χ3v) is 8.75. The lowest BCUT2D eigenvalue weighted by molar-refractivity contribution is 0.477. The lowest BCUT2D eigenvalue weighted by Gasteiger charge is -2.16. The minimum Gasteiger partial charge on any atom is -0.312 e. The van der Waals surface area contributed by atoms with Crippen LogP contribution >= 0.6 is 11.3 Å². The molecule has 1 saturated heterocycles. The summed E-state index contributed by atoms with van der Waals surface area (Å²) in [4.78, 5) is 10.4. The maximum Gasteiger partial charge on any atom is 0.243 e. The van der Waals surface area contributed by atoms with Crippen molar-refractivity contribution in [1.82, 2.24) is 13.9 Å². The van der Waals surface area contributed by atoms with Gasteiger partial charge in [0.25, 0.3) is 0 Å². The summed E-state index contributed by atoms with van der Waals surface area (Å²) in [7, 11) is -3.43. The summed E-state index contributed by atoms with van der Waals surface area (Å²) in [5, 5.41) is 2.08. The predicted octanol–water partition coefficient (Wildman–Crippen LogP) is 4.99. The van der Waals surface area contributed by atoms with Crippen LogP contribution in [0.5, 0.6) is 0 Å². The third kappa shape index (κ3) is 4.75. The lowest BCUT2D eigenvalue weighted by Crippen LogP contribution is -2.27. The first-order valence-electron chi connectivity index (χ1n) is 11.3. The Morgan fingerprint density at radius 2 is 1.74 bits per heavy atom. The topological polar surface area (TPSA) is 67.6 Å². The van der Waals surface area contributed by atoms with Gasteiger partial charge >= 0.3 is 0 Å². The molecule has 0 amide bonds. The van der Waals surface area contributed by atoms with Crippen molar-refractivity contribution in [3.05, 3.63) is 94.4 Å². The van der Waals surface area contributed by atoms with Crippen molar-refractivity contribution in [2.45, 2.75) is 31.2 Å². The molecule has 1 fully saturated rings. The first kappa shape index (κ1) is 22.7. The molecule has 0 unspecified atom stereocenters. The smallest absolute Gasteiger partial charge is 0.243 e. The lowest BCUT2D eigenvalue weighted by atomic mass is 10.1. The van der Waals surface area contributed by atoms with E-state index >= 15 is 0 Å². The Morgan fingerprint density at radius 1 is 1.00 bits per heavy atom. The van der Waals surface area contributed by atoms with Crippen LogP contribution < -0.4 is 4.80 Å². The van der Waals surface area contributed by atoms with E-state index in [9.17, 15) is 8.42 Å². The van der Waals surface area contributed by atoms with Gasteiger partial charge in [0.15, 0.2) is 4.80 Å². The van der Waals surface area contributed by atoms with E-state index < -0.39 is 10.0 Å². The van der Waals surface area contributed by atoms with Crippen molar-refractivity contribution >= 4 is 27.0 Å². The fourth-order valence-corrected chi connectivity index (χ4v) is 6.53. The molecule has 5 rings (SSSR count). The molecule has 0 bridgehead atoms. The second-order valence-electron chi connectivity index (χ2n) is 8.43. The van der Waals surface area contributed by atoms with Gasteiger partial charge in [0.2, 0.25) is 10.0 Å². The Morgan fingerprint density at radius 3 is 2.41 bits per heavy atom. The van der Waals surface area contributed by atoms with E-state index in [0.29, 0.717) is 24.5 Å². The maximum absolute atomic E-state index is 12.9. The summed E-state index contributed by atoms with van der Waals surface area (Å²) in [5.41, 5.74) is 5.10. The molecule has 8 heteroatoms. The Kier molecular flexibility index (Phi) is 6.45. The quantitative estimate of drug-likeness (QED) is 0.383. The minimum absolute atomic E-state index is 0.344. The van der Waals surface area contributed by atoms with Gasteiger partial charge in [-0.15, -0.1) is 11.3 Å². The number of hydrogen-bond donors (Lipinski definition) is 0. The van der Waals surface area contributed by atoms with Gasteiger partial charge in [-0.1, -0.05) is 35.9 Å². The first-order chi connectivity index (χ1) is 16.5. The fourth-order valence-electron chi connectivity index (χ4n) is 4.08. The SMILES string of the molecule is Cc1ccc(N=c2scc(-c3ccc(S(=O)(=O)N4CCCC4)cc3)n2Cc2cccnc2)cc1. The van der Waals surface area contributed by atoms with Crippen molar-refractivity contribution in [1.29, 1.82) is 0 Å². The molecule has 0 saturated carbocycles. The number of pyridine rings is 1. The third-order valence-electron chi connectivity index (χ3n) is 5.97. The molecular weight excluding hydrogens is 464 g/mol. The highest BCUT2D eigenvalue weighted by atomic mass is 32.2. The second-order valence-corrected chi connectivity index (χ2v) is 11.2. The van der Waals surface area contributed by atoms with Crippen molar-refractivity contribution in [3.8, 4) is 11.3 Å². The highest BCUT2D eigenvalue weighted by Gasteiger charge is 2.27. The summed E-state index contributed by atoms with van der Waals surface area (Å²) >= 11 is 1.57. The Bertz CT molecular complexity index is 1430. The highest BCUT2D eigenvalue weighted by Crippen LogP contribution is 2.26. The second kappa shape index (κ2) is 9.66. The number of thiazole rings is 1. The van der Waals surface area contributed by atoms with Gasteiger partial charge in [-0.25, -0.2) is 13.4 Å². The summed E-state index contributed by atoms with van der Waals surface area (Å²) in [6.07, 6.45) is 5.47. The van der Waals surface area contributed by atoms with Gasteiger partial charge < -0.3 is 4.57 Å². The van der Waals surface area contributed by atoms with Gasteiger partial charge in [-0.3, -0.25) is 4.98 Å². The average molecular weight is 491 g/mol. The van der Waals surface area contributed by atoms with Crippen molar-refractivity contribution in [2.24, 2.45) is 4.99 Å². The van der Waals surface area contributed by atoms with E-state index in [2.05, 4.69) is 34.0 Å². The standard InChI is InChI=1S/C26H26N4O2S2/c1-20-6-10-23(11-7-20)28-26-30(18-21-5-4-14-27-17-21)25(19-33-26)22-8-12-24(13-9-22)34(31,32)29-15-2-3-16-29/h4-14,17,19H,2-3,15-16,18H2,1H3. The molecule has 4 aromatic rings. The van der Waals surface area contributed by atoms with Crippen LogP contribution in [0, 0.1) is 6.92 Å². The number of aryl methyl sites for hydroxylation is 1. The first-order valence-corrected chi connectivity index (χ1v) is 13.6. The zero-order valence-electron chi connectivity index (χ0n) is 19.0. The van der Waals surface area contributed by atoms with Crippen LogP contribution in [0.15, 0.2) is 88.3 Å². The molecular formula is C26H26N4O2S2. The predicted molar refractivity (Wildman–Crippen MR) is 135 cm³/mol. The van der Waals surface area contributed by atoms with Crippen molar-refractivity contribution in [2.75, 3.05) is 13.1 Å². The molecule has 1 aliphatic heterocycles. The molecule has 2 aromatic heterocycles. The van der Waals surface area contributed by atoms with Crippen LogP contribution in [-0.4, -0.2) is 35.4 Å². The normalized spacial score (nSPS) is 15.1. The molecule has 2 aromatic carbocycles. The number of aromatic nitrogens is 2. The summed E-state index contributed by atoms with van der Waals surface area (Å²) in [5.74, 6) is 0. The molecule has 0 aliphatic carbocycles. The van der Waals surface area contributed by atoms with E-state index in [1.165, 1.54) is 5.56 Å². The highest BCUT2D eigenvalue weighted by molar-refractivity contribution is 7.89. The molecule has 1 aliphatic rings. The van der Waals surface area contributed by atoms with Crippen LogP contribution in [0.1, 0.15) is 24.0 Å². The molecule has 3 heterocycles. The maximum atomic E-state index is 12.9. The Hall–Kier alpha value is -3.07. The van der Waals surface area contributed by atoms with E-state index in [1.54, 1.807) is 34.0 Å². The van der Waals surface area contributed by atoms with Crippen molar-refractivity contribution in [3.63, 3.8) is 0 Å². The van der Waals surface area contributed by atoms with Crippen LogP contribution in [0.4, 0.5) is 5.69 Å². The number of nitrogens with zero attached hydrogens (tertiary/aromatic N) is 4. The number of hydrogen-bond acceptors (Lipinski definition) is 5. The van der Waals surface area contributed by atoms with Crippen LogP contribution in [0.25, 0.3) is 11.3 Å². The summed E-state index contributed by atoms with van der Waals surface area (Å²) in [6.45, 7) is 3.88. The molecule has 0 radical (unpaired) electrons. The van der Waals surface area contributed by atoms with Crippen molar-refractivity contribution < 1.29 is 8.42 Å². The average Bonchev–Trinajstić information content (AvgIpc) is 3.53. The fraction of sp³-hybridized carbons (Fsp3) is 0.231. The summed E-state index contributed by atoms with van der Waals surface area (Å²) in [6, 6.07) is 19.3. The van der Waals surface area contributed by atoms with Crippen LogP contribution in [0.2, 0.25) is 0 Å².